The summed E-state index contributed by atoms with van der Waals surface area (Å²) < 4.78 is 0. The zero-order valence-corrected chi connectivity index (χ0v) is 12.1. The molecular formula is C15H19N5O. The Morgan fingerprint density at radius 1 is 1.43 bits per heavy atom. The molecule has 0 aromatic heterocycles. The van der Waals surface area contributed by atoms with Gasteiger partial charge in [-0.3, -0.25) is 9.69 Å². The highest BCUT2D eigenvalue weighted by Gasteiger charge is 2.34. The Morgan fingerprint density at radius 3 is 3.05 bits per heavy atom. The van der Waals surface area contributed by atoms with Crippen LogP contribution < -0.4 is 5.32 Å². The van der Waals surface area contributed by atoms with Gasteiger partial charge in [0.25, 0.3) is 0 Å². The van der Waals surface area contributed by atoms with Crippen LogP contribution in [0.1, 0.15) is 24.0 Å². The number of anilines is 1. The highest BCUT2D eigenvalue weighted by atomic mass is 16.2. The Kier molecular flexibility index (Phi) is 3.82. The molecule has 3 rings (SSSR count). The molecule has 1 N–H and O–H groups in total. The Labute approximate surface area is 123 Å². The van der Waals surface area contributed by atoms with Crippen LogP contribution in [-0.2, 0) is 17.6 Å². The van der Waals surface area contributed by atoms with Gasteiger partial charge in [0.05, 0.1) is 12.1 Å². The molecule has 1 saturated heterocycles. The molecule has 6 heteroatoms. The standard InChI is InChI=1S/C15H19N5O/c1-20-9-13(18-19-16)8-14(20)15(21)17-12-6-5-10-3-2-4-11(10)7-12/h5-7,13-14H,2-4,8-9H2,1H3,(H,17,21)/t13?,14-/m0/s1. The summed E-state index contributed by atoms with van der Waals surface area (Å²) in [4.78, 5) is 17.2. The number of likely N-dealkylation sites (tertiary alicyclic amines) is 1. The molecule has 1 aliphatic carbocycles. The summed E-state index contributed by atoms with van der Waals surface area (Å²) in [6.07, 6.45) is 4.02. The maximum Gasteiger partial charge on any atom is 0.241 e. The molecule has 1 aromatic carbocycles. The van der Waals surface area contributed by atoms with E-state index in [1.165, 1.54) is 17.5 Å². The van der Waals surface area contributed by atoms with E-state index in [0.29, 0.717) is 13.0 Å². The average Bonchev–Trinajstić information content (AvgIpc) is 3.05. The van der Waals surface area contributed by atoms with E-state index >= 15 is 0 Å². The first kappa shape index (κ1) is 13.9. The maximum absolute atomic E-state index is 12.4. The topological polar surface area (TPSA) is 81.1 Å². The largest absolute Gasteiger partial charge is 0.325 e. The maximum atomic E-state index is 12.4. The van der Waals surface area contributed by atoms with Crippen molar-refractivity contribution in [1.29, 1.82) is 0 Å². The number of likely N-dealkylation sites (N-methyl/N-ethyl adjacent to an activating group) is 1. The van der Waals surface area contributed by atoms with E-state index in [4.69, 9.17) is 5.53 Å². The molecule has 6 nitrogen and oxygen atoms in total. The molecule has 1 heterocycles. The molecule has 2 aliphatic rings. The van der Waals surface area contributed by atoms with Crippen molar-refractivity contribution < 1.29 is 4.79 Å². The highest BCUT2D eigenvalue weighted by molar-refractivity contribution is 5.95. The molecule has 1 fully saturated rings. The molecule has 1 unspecified atom stereocenters. The van der Waals surface area contributed by atoms with Gasteiger partial charge in [-0.25, -0.2) is 0 Å². The van der Waals surface area contributed by atoms with Crippen LogP contribution in [-0.4, -0.2) is 36.5 Å². The van der Waals surface area contributed by atoms with E-state index in [1.54, 1.807) is 0 Å². The molecule has 2 atom stereocenters. The number of hydrogen-bond acceptors (Lipinski definition) is 3. The second kappa shape index (κ2) is 5.76. The number of azide groups is 1. The summed E-state index contributed by atoms with van der Waals surface area (Å²) in [6.45, 7) is 0.631. The summed E-state index contributed by atoms with van der Waals surface area (Å²) in [5.41, 5.74) is 12.1. The van der Waals surface area contributed by atoms with E-state index in [-0.39, 0.29) is 18.0 Å². The van der Waals surface area contributed by atoms with Gasteiger partial charge in [-0.15, -0.1) is 0 Å². The van der Waals surface area contributed by atoms with Crippen molar-refractivity contribution in [3.8, 4) is 0 Å². The third kappa shape index (κ3) is 2.86. The van der Waals surface area contributed by atoms with Crippen molar-refractivity contribution in [3.05, 3.63) is 39.8 Å². The molecule has 1 aliphatic heterocycles. The Morgan fingerprint density at radius 2 is 2.24 bits per heavy atom. The van der Waals surface area contributed by atoms with E-state index in [0.717, 1.165) is 18.5 Å². The van der Waals surface area contributed by atoms with E-state index in [2.05, 4.69) is 27.5 Å². The number of nitrogens with zero attached hydrogens (tertiary/aromatic N) is 4. The molecular weight excluding hydrogens is 266 g/mol. The van der Waals surface area contributed by atoms with Crippen LogP contribution in [0.4, 0.5) is 5.69 Å². The van der Waals surface area contributed by atoms with Crippen LogP contribution in [0.5, 0.6) is 0 Å². The molecule has 1 aromatic rings. The number of carbonyl (C=O) groups excluding carboxylic acids is 1. The quantitative estimate of drug-likeness (QED) is 0.526. The van der Waals surface area contributed by atoms with E-state index in [1.807, 2.05) is 18.0 Å². The minimum absolute atomic E-state index is 0.0221. The summed E-state index contributed by atoms with van der Waals surface area (Å²) in [7, 11) is 1.89. The van der Waals surface area contributed by atoms with Gasteiger partial charge in [0.15, 0.2) is 0 Å². The fourth-order valence-electron chi connectivity index (χ4n) is 3.31. The number of fused-ring (bicyclic) bond motifs is 1. The number of amides is 1. The molecule has 1 amide bonds. The first-order valence-corrected chi connectivity index (χ1v) is 7.34. The van der Waals surface area contributed by atoms with Gasteiger partial charge in [0.2, 0.25) is 5.91 Å². The lowest BCUT2D eigenvalue weighted by Gasteiger charge is -2.18. The third-order valence-electron chi connectivity index (χ3n) is 4.41. The third-order valence-corrected chi connectivity index (χ3v) is 4.41. The average molecular weight is 285 g/mol. The van der Waals surface area contributed by atoms with Crippen LogP contribution >= 0.6 is 0 Å². The van der Waals surface area contributed by atoms with E-state index < -0.39 is 0 Å². The highest BCUT2D eigenvalue weighted by Crippen LogP contribution is 2.26. The summed E-state index contributed by atoms with van der Waals surface area (Å²) >= 11 is 0. The number of benzene rings is 1. The summed E-state index contributed by atoms with van der Waals surface area (Å²) in [5, 5.41) is 6.71. The lowest BCUT2D eigenvalue weighted by Crippen LogP contribution is -2.37. The molecule has 0 radical (unpaired) electrons. The molecule has 110 valence electrons. The lowest BCUT2D eigenvalue weighted by atomic mass is 10.1. The van der Waals surface area contributed by atoms with Crippen molar-refractivity contribution in [1.82, 2.24) is 4.90 Å². The van der Waals surface area contributed by atoms with Crippen LogP contribution in [0.15, 0.2) is 23.3 Å². The second-order valence-electron chi connectivity index (χ2n) is 5.88. The van der Waals surface area contributed by atoms with Crippen LogP contribution in [0, 0.1) is 0 Å². The van der Waals surface area contributed by atoms with Gasteiger partial charge in [-0.05, 0) is 61.5 Å². The van der Waals surface area contributed by atoms with Crippen LogP contribution in [0.3, 0.4) is 0 Å². The fourth-order valence-corrected chi connectivity index (χ4v) is 3.31. The van der Waals surface area contributed by atoms with Gasteiger partial charge in [-0.2, -0.15) is 0 Å². The van der Waals surface area contributed by atoms with Crippen molar-refractivity contribution in [3.63, 3.8) is 0 Å². The van der Waals surface area contributed by atoms with Crippen molar-refractivity contribution in [2.24, 2.45) is 5.11 Å². The fraction of sp³-hybridized carbons (Fsp3) is 0.533. The number of hydrogen-bond donors (Lipinski definition) is 1. The first-order valence-electron chi connectivity index (χ1n) is 7.34. The van der Waals surface area contributed by atoms with Gasteiger partial charge >= 0.3 is 0 Å². The minimum Gasteiger partial charge on any atom is -0.325 e. The van der Waals surface area contributed by atoms with Gasteiger partial charge in [-0.1, -0.05) is 11.2 Å². The van der Waals surface area contributed by atoms with Gasteiger partial charge in [0.1, 0.15) is 0 Å². The SMILES string of the molecule is CN1CC(N=[N+]=[N-])C[C@H]1C(=O)Nc1ccc2c(c1)CCC2. The second-order valence-corrected chi connectivity index (χ2v) is 5.88. The monoisotopic (exact) mass is 285 g/mol. The van der Waals surface area contributed by atoms with E-state index in [9.17, 15) is 4.79 Å². The van der Waals surface area contributed by atoms with Crippen molar-refractivity contribution in [2.45, 2.75) is 37.8 Å². The molecule has 21 heavy (non-hydrogen) atoms. The number of aryl methyl sites for hydroxylation is 2. The molecule has 0 spiro atoms. The van der Waals surface area contributed by atoms with Gasteiger partial charge in [0, 0.05) is 17.1 Å². The van der Waals surface area contributed by atoms with Crippen molar-refractivity contribution >= 4 is 11.6 Å². The summed E-state index contributed by atoms with van der Waals surface area (Å²) in [6, 6.07) is 5.82. The zero-order chi connectivity index (χ0) is 14.8. The summed E-state index contributed by atoms with van der Waals surface area (Å²) in [5.74, 6) is -0.0221. The first-order chi connectivity index (χ1) is 10.2. The van der Waals surface area contributed by atoms with Gasteiger partial charge < -0.3 is 5.32 Å². The lowest BCUT2D eigenvalue weighted by molar-refractivity contribution is -0.119. The number of nitrogens with one attached hydrogen (secondary N) is 1. The Balaban J connectivity index is 1.67. The zero-order valence-electron chi connectivity index (χ0n) is 12.1. The number of rotatable bonds is 3. The Bertz CT molecular complexity index is 608. The van der Waals surface area contributed by atoms with Crippen LogP contribution in [0.25, 0.3) is 10.4 Å². The predicted octanol–water partition coefficient (Wildman–Crippen LogP) is 2.50. The molecule has 0 bridgehead atoms. The normalized spacial score (nSPS) is 24.4. The van der Waals surface area contributed by atoms with Crippen molar-refractivity contribution in [2.75, 3.05) is 18.9 Å². The van der Waals surface area contributed by atoms with Crippen LogP contribution in [0.2, 0.25) is 0 Å². The smallest absolute Gasteiger partial charge is 0.241 e. The Hall–Kier alpha value is -2.04. The molecule has 0 saturated carbocycles. The predicted molar refractivity (Wildman–Crippen MR) is 81.1 cm³/mol. The number of carbonyl (C=O) groups is 1. The minimum atomic E-state index is -0.228.